The average molecular weight is 350 g/mol. The van der Waals surface area contributed by atoms with Gasteiger partial charge in [-0.1, -0.05) is 103 Å². The first-order valence-electron chi connectivity index (χ1n) is 12.0. The minimum atomic E-state index is 0.609. The Hall–Kier alpha value is -0.0400. The van der Waals surface area contributed by atoms with Crippen LogP contribution in [-0.4, -0.2) is 12.6 Å². The van der Waals surface area contributed by atoms with E-state index in [1.165, 1.54) is 135 Å². The monoisotopic (exact) mass is 349 g/mol. The molecule has 0 aliphatic heterocycles. The van der Waals surface area contributed by atoms with Crippen molar-refractivity contribution in [2.45, 2.75) is 141 Å². The SMILES string of the molecule is CC1(CCNC2CCCCCCCCCC2)CCCCCCCCC1. The molecule has 0 heterocycles. The second-order valence-electron chi connectivity index (χ2n) is 9.59. The third kappa shape index (κ3) is 10.0. The number of hydrogen-bond donors (Lipinski definition) is 1. The van der Waals surface area contributed by atoms with Gasteiger partial charge in [0.15, 0.2) is 0 Å². The van der Waals surface area contributed by atoms with E-state index in [-0.39, 0.29) is 0 Å². The Morgan fingerprint density at radius 3 is 1.48 bits per heavy atom. The summed E-state index contributed by atoms with van der Waals surface area (Å²) in [5.74, 6) is 0. The van der Waals surface area contributed by atoms with Gasteiger partial charge < -0.3 is 5.32 Å². The molecule has 0 unspecified atom stereocenters. The third-order valence-electron chi connectivity index (χ3n) is 7.08. The van der Waals surface area contributed by atoms with Crippen LogP contribution in [0, 0.1) is 5.41 Å². The van der Waals surface area contributed by atoms with E-state index >= 15 is 0 Å². The van der Waals surface area contributed by atoms with Gasteiger partial charge in [-0.2, -0.15) is 0 Å². The van der Waals surface area contributed by atoms with Gasteiger partial charge in [0.2, 0.25) is 0 Å². The highest BCUT2D eigenvalue weighted by Crippen LogP contribution is 2.35. The molecular formula is C24H47N. The van der Waals surface area contributed by atoms with Crippen LogP contribution in [-0.2, 0) is 0 Å². The van der Waals surface area contributed by atoms with E-state index in [4.69, 9.17) is 0 Å². The molecule has 2 aliphatic rings. The minimum absolute atomic E-state index is 0.609. The molecule has 0 spiro atoms. The maximum absolute atomic E-state index is 3.99. The van der Waals surface area contributed by atoms with Crippen molar-refractivity contribution in [3.8, 4) is 0 Å². The molecule has 2 saturated carbocycles. The molecule has 2 rings (SSSR count). The van der Waals surface area contributed by atoms with Gasteiger partial charge in [0.1, 0.15) is 0 Å². The van der Waals surface area contributed by atoms with Crippen molar-refractivity contribution >= 4 is 0 Å². The molecule has 1 N–H and O–H groups in total. The number of hydrogen-bond acceptors (Lipinski definition) is 1. The van der Waals surface area contributed by atoms with E-state index in [1.54, 1.807) is 0 Å². The van der Waals surface area contributed by atoms with Crippen molar-refractivity contribution in [3.63, 3.8) is 0 Å². The van der Waals surface area contributed by atoms with Gasteiger partial charge in [-0.25, -0.2) is 0 Å². The normalized spacial score (nSPS) is 25.8. The smallest absolute Gasteiger partial charge is 0.00670 e. The maximum atomic E-state index is 3.99. The molecule has 0 aromatic heterocycles. The summed E-state index contributed by atoms with van der Waals surface area (Å²) in [5.41, 5.74) is 0.609. The standard InChI is InChI=1S/C24H47N/c1-24(19-15-11-7-4-8-12-16-20-24)21-22-25-23-17-13-9-5-2-3-6-10-14-18-23/h23,25H,2-22H2,1H3. The lowest BCUT2D eigenvalue weighted by Gasteiger charge is -2.32. The van der Waals surface area contributed by atoms with Crippen LogP contribution in [0.1, 0.15) is 135 Å². The molecule has 1 nitrogen and oxygen atoms in total. The second-order valence-corrected chi connectivity index (χ2v) is 9.59. The highest BCUT2D eigenvalue weighted by atomic mass is 14.9. The zero-order chi connectivity index (χ0) is 17.6. The lowest BCUT2D eigenvalue weighted by atomic mass is 9.76. The van der Waals surface area contributed by atoms with Crippen LogP contribution in [0.25, 0.3) is 0 Å². The number of nitrogens with one attached hydrogen (secondary N) is 1. The summed E-state index contributed by atoms with van der Waals surface area (Å²) in [6, 6.07) is 0.807. The van der Waals surface area contributed by atoms with Crippen LogP contribution in [0.4, 0.5) is 0 Å². The van der Waals surface area contributed by atoms with Crippen LogP contribution in [0.3, 0.4) is 0 Å². The fourth-order valence-electron chi connectivity index (χ4n) is 5.13. The van der Waals surface area contributed by atoms with Crippen LogP contribution in [0.5, 0.6) is 0 Å². The van der Waals surface area contributed by atoms with Crippen molar-refractivity contribution in [3.05, 3.63) is 0 Å². The molecule has 0 saturated heterocycles. The summed E-state index contributed by atoms with van der Waals surface area (Å²) in [7, 11) is 0. The molecule has 0 aromatic carbocycles. The molecular weight excluding hydrogens is 302 g/mol. The predicted molar refractivity (Wildman–Crippen MR) is 112 cm³/mol. The summed E-state index contributed by atoms with van der Waals surface area (Å²) in [5, 5.41) is 3.99. The molecule has 25 heavy (non-hydrogen) atoms. The van der Waals surface area contributed by atoms with E-state index in [2.05, 4.69) is 12.2 Å². The topological polar surface area (TPSA) is 12.0 Å². The highest BCUT2D eigenvalue weighted by Gasteiger charge is 2.24. The van der Waals surface area contributed by atoms with Crippen molar-refractivity contribution in [1.82, 2.24) is 5.32 Å². The predicted octanol–water partition coefficient (Wildman–Crippen LogP) is 7.78. The number of rotatable bonds is 4. The zero-order valence-corrected chi connectivity index (χ0v) is 17.4. The fourth-order valence-corrected chi connectivity index (χ4v) is 5.13. The fraction of sp³-hybridized carbons (Fsp3) is 1.00. The van der Waals surface area contributed by atoms with Crippen molar-refractivity contribution in [2.75, 3.05) is 6.54 Å². The molecule has 2 aliphatic carbocycles. The van der Waals surface area contributed by atoms with E-state index in [1.807, 2.05) is 0 Å². The molecule has 0 radical (unpaired) electrons. The maximum Gasteiger partial charge on any atom is 0.00670 e. The third-order valence-corrected chi connectivity index (χ3v) is 7.08. The molecule has 0 bridgehead atoms. The zero-order valence-electron chi connectivity index (χ0n) is 17.4. The van der Waals surface area contributed by atoms with Gasteiger partial charge in [0, 0.05) is 6.04 Å². The largest absolute Gasteiger partial charge is 0.314 e. The summed E-state index contributed by atoms with van der Waals surface area (Å²) >= 11 is 0. The van der Waals surface area contributed by atoms with Gasteiger partial charge in [0.25, 0.3) is 0 Å². The summed E-state index contributed by atoms with van der Waals surface area (Å²) in [6.45, 7) is 3.86. The molecule has 148 valence electrons. The first kappa shape index (κ1) is 21.3. The van der Waals surface area contributed by atoms with Crippen LogP contribution < -0.4 is 5.32 Å². The summed E-state index contributed by atoms with van der Waals surface area (Å²) in [4.78, 5) is 0. The van der Waals surface area contributed by atoms with Gasteiger partial charge in [0.05, 0.1) is 0 Å². The molecule has 2 fully saturated rings. The minimum Gasteiger partial charge on any atom is -0.314 e. The molecule has 0 amide bonds. The Kier molecular flexibility index (Phi) is 11.2. The molecule has 0 atom stereocenters. The van der Waals surface area contributed by atoms with E-state index in [9.17, 15) is 0 Å². The Bertz CT molecular complexity index is 289. The Labute approximate surface area is 159 Å². The Balaban J connectivity index is 1.71. The second kappa shape index (κ2) is 13.2. The van der Waals surface area contributed by atoms with Crippen molar-refractivity contribution in [2.24, 2.45) is 5.41 Å². The van der Waals surface area contributed by atoms with Crippen molar-refractivity contribution < 1.29 is 0 Å². The Morgan fingerprint density at radius 1 is 0.600 bits per heavy atom. The highest BCUT2D eigenvalue weighted by molar-refractivity contribution is 4.78. The van der Waals surface area contributed by atoms with E-state index < -0.39 is 0 Å². The lowest BCUT2D eigenvalue weighted by molar-refractivity contribution is 0.219. The first-order valence-corrected chi connectivity index (χ1v) is 12.0. The lowest BCUT2D eigenvalue weighted by Crippen LogP contribution is -2.33. The van der Waals surface area contributed by atoms with Crippen LogP contribution >= 0.6 is 0 Å². The van der Waals surface area contributed by atoms with Crippen LogP contribution in [0.2, 0.25) is 0 Å². The average Bonchev–Trinajstić information content (AvgIpc) is 2.67. The molecule has 0 aromatic rings. The van der Waals surface area contributed by atoms with Crippen LogP contribution in [0.15, 0.2) is 0 Å². The first-order chi connectivity index (χ1) is 12.3. The van der Waals surface area contributed by atoms with Crippen molar-refractivity contribution in [1.29, 1.82) is 0 Å². The van der Waals surface area contributed by atoms with Gasteiger partial charge >= 0.3 is 0 Å². The summed E-state index contributed by atoms with van der Waals surface area (Å²) < 4.78 is 0. The Morgan fingerprint density at radius 2 is 1.00 bits per heavy atom. The van der Waals surface area contributed by atoms with Gasteiger partial charge in [-0.05, 0) is 44.1 Å². The van der Waals surface area contributed by atoms with Gasteiger partial charge in [-0.15, -0.1) is 0 Å². The quantitative estimate of drug-likeness (QED) is 0.546. The van der Waals surface area contributed by atoms with E-state index in [0.29, 0.717) is 5.41 Å². The summed E-state index contributed by atoms with van der Waals surface area (Å²) in [6.07, 6.45) is 29.3. The van der Waals surface area contributed by atoms with Gasteiger partial charge in [-0.3, -0.25) is 0 Å². The molecule has 1 heteroatoms. The van der Waals surface area contributed by atoms with E-state index in [0.717, 1.165) is 6.04 Å².